The maximum Gasteiger partial charge on any atom is 0.333 e. The molecule has 1 atom stereocenters. The SMILES string of the molecule is C=C(C)C(=O)OCCNC(=O)NC(CC(=O)OCCC(F)F)C(=O)OCCC(F)F. The number of urea groups is 1. The Bertz CT molecular complexity index is 603. The zero-order valence-corrected chi connectivity index (χ0v) is 16.3. The van der Waals surface area contributed by atoms with Crippen molar-refractivity contribution >= 4 is 23.9 Å². The van der Waals surface area contributed by atoms with Gasteiger partial charge in [-0.1, -0.05) is 6.58 Å². The molecule has 0 saturated heterocycles. The largest absolute Gasteiger partial charge is 0.465 e. The number of hydrogen-bond acceptors (Lipinski definition) is 7. The number of carbonyl (C=O) groups excluding carboxylic acids is 4. The number of alkyl halides is 4. The van der Waals surface area contributed by atoms with Crippen molar-refractivity contribution in [3.05, 3.63) is 12.2 Å². The number of halogens is 4. The van der Waals surface area contributed by atoms with Crippen LogP contribution in [0.5, 0.6) is 0 Å². The second-order valence-electron chi connectivity index (χ2n) is 5.82. The highest BCUT2D eigenvalue weighted by atomic mass is 19.3. The van der Waals surface area contributed by atoms with Gasteiger partial charge in [0.15, 0.2) is 0 Å². The Morgan fingerprint density at radius 2 is 1.47 bits per heavy atom. The molecule has 0 fully saturated rings. The number of carbonyl (C=O) groups is 4. The van der Waals surface area contributed by atoms with E-state index in [0.29, 0.717) is 0 Å². The van der Waals surface area contributed by atoms with E-state index in [4.69, 9.17) is 4.74 Å². The molecule has 9 nitrogen and oxygen atoms in total. The number of rotatable bonds is 14. The summed E-state index contributed by atoms with van der Waals surface area (Å²) >= 11 is 0. The fourth-order valence-electron chi connectivity index (χ4n) is 1.67. The Morgan fingerprint density at radius 1 is 0.900 bits per heavy atom. The monoisotopic (exact) mass is 444 g/mol. The lowest BCUT2D eigenvalue weighted by Crippen LogP contribution is -2.48. The first-order valence-electron chi connectivity index (χ1n) is 8.78. The molecule has 0 heterocycles. The molecule has 0 aliphatic rings. The number of ether oxygens (including phenoxy) is 3. The van der Waals surface area contributed by atoms with Gasteiger partial charge in [-0.25, -0.2) is 31.9 Å². The van der Waals surface area contributed by atoms with E-state index in [9.17, 15) is 36.7 Å². The lowest BCUT2D eigenvalue weighted by molar-refractivity contribution is -0.153. The van der Waals surface area contributed by atoms with Crippen molar-refractivity contribution in [2.45, 2.75) is 45.1 Å². The van der Waals surface area contributed by atoms with Gasteiger partial charge in [0.25, 0.3) is 0 Å². The summed E-state index contributed by atoms with van der Waals surface area (Å²) in [6.07, 6.45) is -7.66. The smallest absolute Gasteiger partial charge is 0.333 e. The summed E-state index contributed by atoms with van der Waals surface area (Å²) in [4.78, 5) is 46.7. The molecule has 0 saturated carbocycles. The summed E-state index contributed by atoms with van der Waals surface area (Å²) in [6.45, 7) is 3.15. The highest BCUT2D eigenvalue weighted by molar-refractivity contribution is 5.88. The van der Waals surface area contributed by atoms with Crippen molar-refractivity contribution in [3.63, 3.8) is 0 Å². The Hall–Kier alpha value is -2.86. The molecule has 2 N–H and O–H groups in total. The summed E-state index contributed by atoms with van der Waals surface area (Å²) in [6, 6.07) is -2.57. The van der Waals surface area contributed by atoms with Gasteiger partial charge in [-0.3, -0.25) is 4.79 Å². The van der Waals surface area contributed by atoms with Gasteiger partial charge in [0.1, 0.15) is 12.6 Å². The Morgan fingerprint density at radius 3 is 2.00 bits per heavy atom. The van der Waals surface area contributed by atoms with Crippen molar-refractivity contribution in [1.82, 2.24) is 10.6 Å². The zero-order chi connectivity index (χ0) is 23.1. The van der Waals surface area contributed by atoms with Gasteiger partial charge in [-0.2, -0.15) is 0 Å². The minimum atomic E-state index is -2.73. The standard InChI is InChI=1S/C17H24F4N2O7/c1-10(2)15(25)30-8-5-22-17(27)23-11(16(26)29-7-4-13(20)21)9-14(24)28-6-3-12(18)19/h11-13H,1,3-9H2,2H3,(H2,22,23,27). The van der Waals surface area contributed by atoms with E-state index in [0.717, 1.165) is 0 Å². The van der Waals surface area contributed by atoms with Gasteiger partial charge in [0, 0.05) is 18.4 Å². The Balaban J connectivity index is 4.63. The third kappa shape index (κ3) is 14.2. The van der Waals surface area contributed by atoms with Crippen LogP contribution in [0.2, 0.25) is 0 Å². The first-order valence-corrected chi connectivity index (χ1v) is 8.78. The van der Waals surface area contributed by atoms with Crippen LogP contribution in [0.1, 0.15) is 26.2 Å². The fourth-order valence-corrected chi connectivity index (χ4v) is 1.67. The van der Waals surface area contributed by atoms with Crippen molar-refractivity contribution in [1.29, 1.82) is 0 Å². The van der Waals surface area contributed by atoms with Crippen LogP contribution in [0, 0.1) is 0 Å². The Labute approximate surface area is 170 Å². The van der Waals surface area contributed by atoms with Crippen LogP contribution in [0.25, 0.3) is 0 Å². The van der Waals surface area contributed by atoms with Crippen molar-refractivity contribution in [3.8, 4) is 0 Å². The topological polar surface area (TPSA) is 120 Å². The number of hydrogen-bond donors (Lipinski definition) is 2. The van der Waals surface area contributed by atoms with Crippen molar-refractivity contribution in [2.75, 3.05) is 26.4 Å². The molecule has 30 heavy (non-hydrogen) atoms. The average molecular weight is 444 g/mol. The van der Waals surface area contributed by atoms with Crippen LogP contribution in [0.15, 0.2) is 12.2 Å². The molecule has 13 heteroatoms. The predicted octanol–water partition coefficient (Wildman–Crippen LogP) is 1.56. The van der Waals surface area contributed by atoms with Crippen LogP contribution in [-0.4, -0.2) is 69.2 Å². The normalized spacial score (nSPS) is 11.6. The van der Waals surface area contributed by atoms with Gasteiger partial charge >= 0.3 is 23.9 Å². The molecule has 1 unspecified atom stereocenters. The van der Waals surface area contributed by atoms with E-state index in [-0.39, 0.29) is 18.7 Å². The van der Waals surface area contributed by atoms with E-state index in [1.165, 1.54) is 6.92 Å². The highest BCUT2D eigenvalue weighted by Crippen LogP contribution is 2.05. The number of nitrogens with one attached hydrogen (secondary N) is 2. The zero-order valence-electron chi connectivity index (χ0n) is 16.3. The minimum Gasteiger partial charge on any atom is -0.465 e. The maximum atomic E-state index is 12.1. The lowest BCUT2D eigenvalue weighted by atomic mass is 10.2. The molecule has 0 radical (unpaired) electrons. The first-order chi connectivity index (χ1) is 14.0. The summed E-state index contributed by atoms with van der Waals surface area (Å²) < 4.78 is 62.2. The summed E-state index contributed by atoms with van der Waals surface area (Å²) in [5.41, 5.74) is 0.149. The molecule has 0 spiro atoms. The second kappa shape index (κ2) is 15.0. The van der Waals surface area contributed by atoms with Gasteiger partial charge < -0.3 is 24.8 Å². The van der Waals surface area contributed by atoms with E-state index >= 15 is 0 Å². The van der Waals surface area contributed by atoms with Crippen LogP contribution >= 0.6 is 0 Å². The molecule has 0 bridgehead atoms. The molecular formula is C17H24F4N2O7. The molecule has 0 aliphatic carbocycles. The quantitative estimate of drug-likeness (QED) is 0.137. The molecule has 0 aromatic carbocycles. The molecule has 172 valence electrons. The van der Waals surface area contributed by atoms with Gasteiger partial charge in [0.2, 0.25) is 12.9 Å². The van der Waals surface area contributed by atoms with Gasteiger partial charge in [0.05, 0.1) is 26.2 Å². The average Bonchev–Trinajstić information content (AvgIpc) is 2.63. The molecule has 0 rings (SSSR count). The summed E-state index contributed by atoms with van der Waals surface area (Å²) in [5.74, 6) is -2.95. The van der Waals surface area contributed by atoms with E-state index in [1.807, 2.05) is 0 Å². The Kier molecular flexibility index (Phi) is 13.6. The van der Waals surface area contributed by atoms with Crippen LogP contribution in [-0.2, 0) is 28.6 Å². The molecule has 0 aromatic rings. The number of amides is 2. The van der Waals surface area contributed by atoms with Crippen LogP contribution < -0.4 is 10.6 Å². The van der Waals surface area contributed by atoms with Crippen LogP contribution in [0.4, 0.5) is 22.4 Å². The third-order valence-electron chi connectivity index (χ3n) is 3.11. The van der Waals surface area contributed by atoms with E-state index in [2.05, 4.69) is 26.7 Å². The maximum absolute atomic E-state index is 12.1. The molecule has 0 aliphatic heterocycles. The lowest BCUT2D eigenvalue weighted by Gasteiger charge is -2.17. The molecule has 0 aromatic heterocycles. The summed E-state index contributed by atoms with van der Waals surface area (Å²) in [7, 11) is 0. The minimum absolute atomic E-state index is 0.149. The second-order valence-corrected chi connectivity index (χ2v) is 5.82. The molecular weight excluding hydrogens is 420 g/mol. The first kappa shape index (κ1) is 27.1. The molecule has 2 amide bonds. The predicted molar refractivity (Wildman–Crippen MR) is 93.9 cm³/mol. The highest BCUT2D eigenvalue weighted by Gasteiger charge is 2.26. The van der Waals surface area contributed by atoms with Crippen molar-refractivity contribution in [2.24, 2.45) is 0 Å². The third-order valence-corrected chi connectivity index (χ3v) is 3.11. The van der Waals surface area contributed by atoms with E-state index < -0.39 is 75.3 Å². The van der Waals surface area contributed by atoms with E-state index in [1.54, 1.807) is 0 Å². The summed E-state index contributed by atoms with van der Waals surface area (Å²) in [5, 5.41) is 4.31. The van der Waals surface area contributed by atoms with Gasteiger partial charge in [-0.05, 0) is 6.92 Å². The van der Waals surface area contributed by atoms with Crippen LogP contribution in [0.3, 0.4) is 0 Å². The van der Waals surface area contributed by atoms with Gasteiger partial charge in [-0.15, -0.1) is 0 Å². The fraction of sp³-hybridized carbons (Fsp3) is 0.647. The van der Waals surface area contributed by atoms with Crippen molar-refractivity contribution < 1.29 is 51.0 Å². The number of esters is 3.